The lowest BCUT2D eigenvalue weighted by Crippen LogP contribution is -2.21. The van der Waals surface area contributed by atoms with E-state index in [1.165, 1.54) is 0 Å². The molecular formula is C18H16ClF2NO2. The van der Waals surface area contributed by atoms with Gasteiger partial charge in [-0.1, -0.05) is 23.7 Å². The second kappa shape index (κ2) is 6.87. The van der Waals surface area contributed by atoms with E-state index in [1.54, 1.807) is 0 Å². The molecule has 0 radical (unpaired) electrons. The van der Waals surface area contributed by atoms with Gasteiger partial charge in [0, 0.05) is 23.7 Å². The summed E-state index contributed by atoms with van der Waals surface area (Å²) in [6, 6.07) is 9.36. The average Bonchev–Trinajstić information content (AvgIpc) is 2.99. The van der Waals surface area contributed by atoms with Gasteiger partial charge in [0.05, 0.1) is 5.56 Å². The zero-order valence-electron chi connectivity index (χ0n) is 12.8. The van der Waals surface area contributed by atoms with Crippen molar-refractivity contribution >= 4 is 17.6 Å². The zero-order valence-corrected chi connectivity index (χ0v) is 13.6. The number of likely N-dealkylation sites (tertiary alicyclic amines) is 1. The highest BCUT2D eigenvalue weighted by atomic mass is 35.5. The second-order valence-electron chi connectivity index (χ2n) is 6.00. The summed E-state index contributed by atoms with van der Waals surface area (Å²) in [5, 5.41) is 9.51. The van der Waals surface area contributed by atoms with Crippen molar-refractivity contribution in [1.82, 2.24) is 4.90 Å². The van der Waals surface area contributed by atoms with Gasteiger partial charge in [0.2, 0.25) is 0 Å². The fraction of sp³-hybridized carbons (Fsp3) is 0.278. The van der Waals surface area contributed by atoms with Gasteiger partial charge in [0.1, 0.15) is 11.6 Å². The Bertz CT molecular complexity index is 758. The number of hydrogen-bond acceptors (Lipinski definition) is 2. The first-order valence-electron chi connectivity index (χ1n) is 7.63. The zero-order chi connectivity index (χ0) is 17.3. The third-order valence-electron chi connectivity index (χ3n) is 4.36. The number of carboxylic acid groups (broad SMARTS) is 1. The molecule has 6 heteroatoms. The molecule has 2 aromatic rings. The van der Waals surface area contributed by atoms with E-state index < -0.39 is 17.6 Å². The maximum absolute atomic E-state index is 14.1. The van der Waals surface area contributed by atoms with Crippen LogP contribution in [0.15, 0.2) is 36.4 Å². The van der Waals surface area contributed by atoms with E-state index in [0.29, 0.717) is 11.6 Å². The molecule has 3 nitrogen and oxygen atoms in total. The summed E-state index contributed by atoms with van der Waals surface area (Å²) >= 11 is 6.01. The quantitative estimate of drug-likeness (QED) is 0.892. The van der Waals surface area contributed by atoms with Gasteiger partial charge in [-0.15, -0.1) is 0 Å². The predicted molar refractivity (Wildman–Crippen MR) is 87.4 cm³/mol. The van der Waals surface area contributed by atoms with Crippen LogP contribution in [0.5, 0.6) is 0 Å². The SMILES string of the molecule is O=C(O)c1cc(F)c(CN2CCC(c3cccc(Cl)c3)C2)c(F)c1. The minimum absolute atomic E-state index is 0.0910. The highest BCUT2D eigenvalue weighted by Crippen LogP contribution is 2.30. The summed E-state index contributed by atoms with van der Waals surface area (Å²) in [4.78, 5) is 12.8. The number of benzene rings is 2. The van der Waals surface area contributed by atoms with Crippen LogP contribution in [0.1, 0.15) is 33.8 Å². The Morgan fingerprint density at radius 2 is 1.96 bits per heavy atom. The molecule has 1 aliphatic rings. The molecule has 0 aromatic heterocycles. The molecule has 0 amide bonds. The molecule has 3 rings (SSSR count). The molecule has 1 fully saturated rings. The van der Waals surface area contributed by atoms with Crippen LogP contribution in [-0.2, 0) is 6.54 Å². The number of nitrogens with zero attached hydrogens (tertiary/aromatic N) is 1. The van der Waals surface area contributed by atoms with Gasteiger partial charge >= 0.3 is 5.97 Å². The van der Waals surface area contributed by atoms with Crippen LogP contribution in [0.3, 0.4) is 0 Å². The van der Waals surface area contributed by atoms with Gasteiger partial charge in [0.25, 0.3) is 0 Å². The Kier molecular flexibility index (Phi) is 4.83. The van der Waals surface area contributed by atoms with Crippen molar-refractivity contribution in [3.05, 3.63) is 69.7 Å². The molecule has 0 saturated carbocycles. The fourth-order valence-corrected chi connectivity index (χ4v) is 3.31. The van der Waals surface area contributed by atoms with E-state index in [0.717, 1.165) is 30.7 Å². The van der Waals surface area contributed by atoms with Crippen LogP contribution >= 0.6 is 11.6 Å². The molecule has 1 unspecified atom stereocenters. The summed E-state index contributed by atoms with van der Waals surface area (Å²) < 4.78 is 28.1. The van der Waals surface area contributed by atoms with Crippen molar-refractivity contribution in [2.75, 3.05) is 13.1 Å². The lowest BCUT2D eigenvalue weighted by molar-refractivity contribution is 0.0695. The topological polar surface area (TPSA) is 40.5 Å². The molecular weight excluding hydrogens is 336 g/mol. The molecule has 1 atom stereocenters. The fourth-order valence-electron chi connectivity index (χ4n) is 3.11. The van der Waals surface area contributed by atoms with Crippen molar-refractivity contribution in [2.45, 2.75) is 18.9 Å². The van der Waals surface area contributed by atoms with E-state index in [4.69, 9.17) is 16.7 Å². The third-order valence-corrected chi connectivity index (χ3v) is 4.60. The number of rotatable bonds is 4. The molecule has 1 aliphatic heterocycles. The van der Waals surface area contributed by atoms with E-state index in [-0.39, 0.29) is 23.6 Å². The van der Waals surface area contributed by atoms with Crippen LogP contribution in [0, 0.1) is 11.6 Å². The first-order chi connectivity index (χ1) is 11.4. The maximum Gasteiger partial charge on any atom is 0.335 e. The van der Waals surface area contributed by atoms with Crippen LogP contribution in [0.25, 0.3) is 0 Å². The molecule has 126 valence electrons. The van der Waals surface area contributed by atoms with E-state index >= 15 is 0 Å². The first kappa shape index (κ1) is 16.9. The lowest BCUT2D eigenvalue weighted by atomic mass is 9.99. The third kappa shape index (κ3) is 3.57. The first-order valence-corrected chi connectivity index (χ1v) is 8.01. The van der Waals surface area contributed by atoms with Crippen LogP contribution in [0.4, 0.5) is 8.78 Å². The molecule has 1 heterocycles. The van der Waals surface area contributed by atoms with Crippen molar-refractivity contribution in [1.29, 1.82) is 0 Å². The van der Waals surface area contributed by atoms with Crippen molar-refractivity contribution < 1.29 is 18.7 Å². The minimum atomic E-state index is -1.35. The average molecular weight is 352 g/mol. The van der Waals surface area contributed by atoms with Gasteiger partial charge in [-0.25, -0.2) is 13.6 Å². The highest BCUT2D eigenvalue weighted by molar-refractivity contribution is 6.30. The Labute approximate surface area is 143 Å². The Morgan fingerprint density at radius 3 is 2.58 bits per heavy atom. The minimum Gasteiger partial charge on any atom is -0.478 e. The molecule has 1 N–H and O–H groups in total. The van der Waals surface area contributed by atoms with E-state index in [2.05, 4.69) is 0 Å². The van der Waals surface area contributed by atoms with Crippen molar-refractivity contribution in [3.63, 3.8) is 0 Å². The molecule has 0 aliphatic carbocycles. The van der Waals surface area contributed by atoms with Gasteiger partial charge in [-0.2, -0.15) is 0 Å². The molecule has 1 saturated heterocycles. The monoisotopic (exact) mass is 351 g/mol. The summed E-state index contributed by atoms with van der Waals surface area (Å²) in [6.07, 6.45) is 0.886. The molecule has 0 bridgehead atoms. The van der Waals surface area contributed by atoms with Crippen LogP contribution < -0.4 is 0 Å². The molecule has 24 heavy (non-hydrogen) atoms. The second-order valence-corrected chi connectivity index (χ2v) is 6.44. The summed E-state index contributed by atoms with van der Waals surface area (Å²) in [6.45, 7) is 1.52. The number of halogens is 3. The van der Waals surface area contributed by atoms with E-state index in [9.17, 15) is 13.6 Å². The summed E-state index contributed by atoms with van der Waals surface area (Å²) in [5.74, 6) is -2.72. The number of aromatic carboxylic acids is 1. The Balaban J connectivity index is 1.73. The predicted octanol–water partition coefficient (Wildman–Crippen LogP) is 4.31. The number of carboxylic acids is 1. The normalized spacial score (nSPS) is 18.0. The smallest absolute Gasteiger partial charge is 0.335 e. The van der Waals surface area contributed by atoms with E-state index in [1.807, 2.05) is 29.2 Å². The highest BCUT2D eigenvalue weighted by Gasteiger charge is 2.26. The summed E-state index contributed by atoms with van der Waals surface area (Å²) in [7, 11) is 0. The number of carbonyl (C=O) groups is 1. The van der Waals surface area contributed by atoms with Crippen molar-refractivity contribution in [2.24, 2.45) is 0 Å². The lowest BCUT2D eigenvalue weighted by Gasteiger charge is -2.17. The Morgan fingerprint density at radius 1 is 1.25 bits per heavy atom. The van der Waals surface area contributed by atoms with Crippen LogP contribution in [-0.4, -0.2) is 29.1 Å². The standard InChI is InChI=1S/C18H16ClF2NO2/c19-14-3-1-2-11(6-14)12-4-5-22(9-12)10-15-16(20)7-13(18(23)24)8-17(15)21/h1-3,6-8,12H,4-5,9-10H2,(H,23,24). The van der Waals surface area contributed by atoms with Gasteiger partial charge in [0.15, 0.2) is 0 Å². The van der Waals surface area contributed by atoms with Gasteiger partial charge in [-0.3, -0.25) is 4.90 Å². The molecule has 2 aromatic carbocycles. The molecule has 0 spiro atoms. The van der Waals surface area contributed by atoms with Crippen molar-refractivity contribution in [3.8, 4) is 0 Å². The largest absolute Gasteiger partial charge is 0.478 e. The van der Waals surface area contributed by atoms with Gasteiger partial charge in [-0.05, 0) is 48.7 Å². The van der Waals surface area contributed by atoms with Gasteiger partial charge < -0.3 is 5.11 Å². The summed E-state index contributed by atoms with van der Waals surface area (Å²) in [5.41, 5.74) is 0.644. The van der Waals surface area contributed by atoms with Crippen LogP contribution in [0.2, 0.25) is 5.02 Å². The number of hydrogen-bond donors (Lipinski definition) is 1. The maximum atomic E-state index is 14.1. The Hall–Kier alpha value is -1.98.